The first kappa shape index (κ1) is 11.3. The van der Waals surface area contributed by atoms with Crippen LogP contribution in [0.25, 0.3) is 10.6 Å². The van der Waals surface area contributed by atoms with E-state index in [0.29, 0.717) is 12.8 Å². The molecule has 0 atom stereocenters. The van der Waals surface area contributed by atoms with Crippen LogP contribution in [0.15, 0.2) is 22.9 Å². The van der Waals surface area contributed by atoms with E-state index < -0.39 is 0 Å². The van der Waals surface area contributed by atoms with Crippen LogP contribution in [-0.2, 0) is 16.0 Å². The number of thiazole rings is 1. The molecular weight excluding hydrogens is 242 g/mol. The van der Waals surface area contributed by atoms with Crippen molar-refractivity contribution >= 4 is 28.6 Å². The summed E-state index contributed by atoms with van der Waals surface area (Å²) >= 11 is 3.26. The number of methoxy groups -OCH3 is 1. The van der Waals surface area contributed by atoms with Gasteiger partial charge in [-0.25, -0.2) is 4.98 Å². The van der Waals surface area contributed by atoms with Crippen molar-refractivity contribution in [2.75, 3.05) is 7.11 Å². The van der Waals surface area contributed by atoms with E-state index in [9.17, 15) is 4.79 Å². The monoisotopic (exact) mass is 253 g/mol. The lowest BCUT2D eigenvalue weighted by Gasteiger charge is -1.95. The number of carbonyl (C=O) groups is 1. The minimum Gasteiger partial charge on any atom is -0.469 e. The van der Waals surface area contributed by atoms with Crippen LogP contribution in [0, 0.1) is 0 Å². The lowest BCUT2D eigenvalue weighted by molar-refractivity contribution is -0.140. The second-order valence-corrected chi connectivity index (χ2v) is 5.07. The van der Waals surface area contributed by atoms with E-state index in [1.807, 2.05) is 22.9 Å². The number of nitrogens with zero attached hydrogens (tertiary/aromatic N) is 1. The Labute approximate surface area is 102 Å². The van der Waals surface area contributed by atoms with Crippen molar-refractivity contribution in [3.8, 4) is 10.6 Å². The van der Waals surface area contributed by atoms with Crippen LogP contribution in [0.4, 0.5) is 0 Å². The Morgan fingerprint density at radius 3 is 3.06 bits per heavy atom. The minimum absolute atomic E-state index is 0.187. The van der Waals surface area contributed by atoms with Gasteiger partial charge in [0.15, 0.2) is 0 Å². The van der Waals surface area contributed by atoms with Crippen molar-refractivity contribution in [3.63, 3.8) is 0 Å². The topological polar surface area (TPSA) is 39.2 Å². The normalized spacial score (nSPS) is 10.3. The fourth-order valence-electron chi connectivity index (χ4n) is 1.27. The minimum atomic E-state index is -0.187. The molecule has 0 N–H and O–H groups in total. The number of aromatic nitrogens is 1. The Balaban J connectivity index is 2.00. The summed E-state index contributed by atoms with van der Waals surface area (Å²) in [5.74, 6) is -0.187. The van der Waals surface area contributed by atoms with Gasteiger partial charge in [0.05, 0.1) is 29.1 Å². The van der Waals surface area contributed by atoms with Crippen LogP contribution in [0.1, 0.15) is 11.4 Å². The van der Waals surface area contributed by atoms with Crippen molar-refractivity contribution in [2.45, 2.75) is 12.8 Å². The van der Waals surface area contributed by atoms with Gasteiger partial charge in [0, 0.05) is 11.8 Å². The van der Waals surface area contributed by atoms with Crippen molar-refractivity contribution in [1.82, 2.24) is 4.98 Å². The summed E-state index contributed by atoms with van der Waals surface area (Å²) in [6, 6.07) is 4.05. The first-order valence-electron chi connectivity index (χ1n) is 4.84. The van der Waals surface area contributed by atoms with Gasteiger partial charge < -0.3 is 4.74 Å². The molecule has 0 aliphatic heterocycles. The maximum Gasteiger partial charge on any atom is 0.305 e. The quantitative estimate of drug-likeness (QED) is 0.786. The Morgan fingerprint density at radius 1 is 1.50 bits per heavy atom. The van der Waals surface area contributed by atoms with Crippen LogP contribution >= 0.6 is 22.7 Å². The van der Waals surface area contributed by atoms with E-state index >= 15 is 0 Å². The van der Waals surface area contributed by atoms with Gasteiger partial charge >= 0.3 is 5.97 Å². The molecule has 2 aromatic heterocycles. The third-order valence-corrected chi connectivity index (χ3v) is 3.90. The molecule has 2 rings (SSSR count). The molecule has 0 aliphatic carbocycles. The maximum absolute atomic E-state index is 11.0. The van der Waals surface area contributed by atoms with Crippen LogP contribution in [-0.4, -0.2) is 18.1 Å². The van der Waals surface area contributed by atoms with Gasteiger partial charge in [0.1, 0.15) is 0 Å². The highest BCUT2D eigenvalue weighted by molar-refractivity contribution is 7.14. The molecule has 0 unspecified atom stereocenters. The Hall–Kier alpha value is -1.20. The summed E-state index contributed by atoms with van der Waals surface area (Å²) in [6.07, 6.45) is 1.05. The molecule has 0 aromatic carbocycles. The van der Waals surface area contributed by atoms with Crippen LogP contribution < -0.4 is 0 Å². The summed E-state index contributed by atoms with van der Waals surface area (Å²) < 4.78 is 4.59. The highest BCUT2D eigenvalue weighted by atomic mass is 32.1. The standard InChI is InChI=1S/C11H11NO2S2/c1-14-11(13)5-4-10-12-8(7-16-10)9-3-2-6-15-9/h2-3,6-7H,4-5H2,1H3. The molecule has 5 heteroatoms. The molecule has 2 heterocycles. The summed E-state index contributed by atoms with van der Waals surface area (Å²) in [5.41, 5.74) is 1.000. The highest BCUT2D eigenvalue weighted by Gasteiger charge is 2.07. The fourth-order valence-corrected chi connectivity index (χ4v) is 2.83. The first-order chi connectivity index (χ1) is 7.79. The number of carbonyl (C=O) groups excluding carboxylic acids is 1. The average molecular weight is 253 g/mol. The maximum atomic E-state index is 11.0. The molecule has 0 spiro atoms. The summed E-state index contributed by atoms with van der Waals surface area (Å²) in [4.78, 5) is 16.6. The number of esters is 1. The Morgan fingerprint density at radius 2 is 2.38 bits per heavy atom. The van der Waals surface area contributed by atoms with Gasteiger partial charge in [-0.2, -0.15) is 0 Å². The molecule has 0 radical (unpaired) electrons. The van der Waals surface area contributed by atoms with Crippen LogP contribution in [0.2, 0.25) is 0 Å². The van der Waals surface area contributed by atoms with Crippen LogP contribution in [0.3, 0.4) is 0 Å². The van der Waals surface area contributed by atoms with E-state index in [1.165, 1.54) is 12.0 Å². The summed E-state index contributed by atoms with van der Waals surface area (Å²) in [7, 11) is 1.40. The van der Waals surface area contributed by atoms with Gasteiger partial charge in [-0.1, -0.05) is 6.07 Å². The lowest BCUT2D eigenvalue weighted by atomic mass is 10.3. The Kier molecular flexibility index (Phi) is 3.69. The van der Waals surface area contributed by atoms with Gasteiger partial charge in [-0.05, 0) is 11.4 Å². The summed E-state index contributed by atoms with van der Waals surface area (Å²) in [6.45, 7) is 0. The average Bonchev–Trinajstić information content (AvgIpc) is 2.95. The first-order valence-corrected chi connectivity index (χ1v) is 6.60. The number of aryl methyl sites for hydroxylation is 1. The van der Waals surface area contributed by atoms with Gasteiger partial charge in [0.2, 0.25) is 0 Å². The third kappa shape index (κ3) is 2.68. The smallest absolute Gasteiger partial charge is 0.305 e. The van der Waals surface area contributed by atoms with E-state index in [1.54, 1.807) is 22.7 Å². The molecular formula is C11H11NO2S2. The second-order valence-electron chi connectivity index (χ2n) is 3.18. The second kappa shape index (κ2) is 5.23. The zero-order chi connectivity index (χ0) is 11.4. The molecule has 0 saturated heterocycles. The zero-order valence-corrected chi connectivity index (χ0v) is 10.4. The zero-order valence-electron chi connectivity index (χ0n) is 8.80. The van der Waals surface area contributed by atoms with E-state index in [4.69, 9.17) is 0 Å². The summed E-state index contributed by atoms with van der Waals surface area (Å²) in [5, 5.41) is 5.04. The molecule has 0 amide bonds. The van der Waals surface area contributed by atoms with Crippen molar-refractivity contribution < 1.29 is 9.53 Å². The highest BCUT2D eigenvalue weighted by Crippen LogP contribution is 2.26. The van der Waals surface area contributed by atoms with Crippen LogP contribution in [0.5, 0.6) is 0 Å². The molecule has 16 heavy (non-hydrogen) atoms. The molecule has 0 saturated carbocycles. The van der Waals surface area contributed by atoms with Crippen molar-refractivity contribution in [1.29, 1.82) is 0 Å². The van der Waals surface area contributed by atoms with Gasteiger partial charge in [0.25, 0.3) is 0 Å². The molecule has 0 fully saturated rings. The number of ether oxygens (including phenoxy) is 1. The molecule has 0 aliphatic rings. The largest absolute Gasteiger partial charge is 0.469 e. The van der Waals surface area contributed by atoms with Crippen molar-refractivity contribution in [3.05, 3.63) is 27.9 Å². The molecule has 84 valence electrons. The van der Waals surface area contributed by atoms with E-state index in [-0.39, 0.29) is 5.97 Å². The van der Waals surface area contributed by atoms with E-state index in [2.05, 4.69) is 9.72 Å². The number of rotatable bonds is 4. The molecule has 0 bridgehead atoms. The van der Waals surface area contributed by atoms with Gasteiger partial charge in [-0.3, -0.25) is 4.79 Å². The number of hydrogen-bond donors (Lipinski definition) is 0. The number of hydrogen-bond acceptors (Lipinski definition) is 5. The molecule has 2 aromatic rings. The molecule has 3 nitrogen and oxygen atoms in total. The lowest BCUT2D eigenvalue weighted by Crippen LogP contribution is -2.01. The fraction of sp³-hybridized carbons (Fsp3) is 0.273. The third-order valence-electron chi connectivity index (χ3n) is 2.10. The predicted octanol–water partition coefficient (Wildman–Crippen LogP) is 2.98. The SMILES string of the molecule is COC(=O)CCc1nc(-c2cccs2)cs1. The number of thiophene rings is 1. The van der Waals surface area contributed by atoms with Gasteiger partial charge in [-0.15, -0.1) is 22.7 Å². The van der Waals surface area contributed by atoms with Crippen molar-refractivity contribution in [2.24, 2.45) is 0 Å². The van der Waals surface area contributed by atoms with E-state index in [0.717, 1.165) is 10.7 Å². The predicted molar refractivity (Wildman–Crippen MR) is 65.8 cm³/mol. The Bertz CT molecular complexity index is 462.